The van der Waals surface area contributed by atoms with Gasteiger partial charge in [-0.25, -0.2) is 14.8 Å². The van der Waals surface area contributed by atoms with Crippen LogP contribution in [0.25, 0.3) is 11.0 Å². The number of aliphatic carboxylic acids is 1. The molecule has 5 rings (SSSR count). The second-order valence-electron chi connectivity index (χ2n) is 11.0. The average Bonchev–Trinajstić information content (AvgIpc) is 3.44. The number of carbonyl (C=O) groups is 3. The van der Waals surface area contributed by atoms with Gasteiger partial charge in [0.05, 0.1) is 23.6 Å². The average molecular weight is 558 g/mol. The summed E-state index contributed by atoms with van der Waals surface area (Å²) in [6, 6.07) is 4.58. The van der Waals surface area contributed by atoms with Crippen molar-refractivity contribution in [3.8, 4) is 5.88 Å². The maximum atomic E-state index is 14.5. The van der Waals surface area contributed by atoms with Crippen LogP contribution in [0.15, 0.2) is 36.4 Å². The molecule has 10 nitrogen and oxygen atoms in total. The van der Waals surface area contributed by atoms with Crippen LogP contribution in [0.3, 0.4) is 0 Å². The number of benzene rings is 1. The number of hydrogen-bond donors (Lipinski definition) is 3. The van der Waals surface area contributed by atoms with Crippen molar-refractivity contribution in [2.45, 2.75) is 81.5 Å². The fourth-order valence-corrected chi connectivity index (χ4v) is 5.55. The molecule has 0 radical (unpaired) electrons. The molecule has 1 aliphatic carbocycles. The van der Waals surface area contributed by atoms with E-state index in [1.165, 1.54) is 4.90 Å². The minimum atomic E-state index is -3.37. The third kappa shape index (κ3) is 5.49. The van der Waals surface area contributed by atoms with E-state index in [1.54, 1.807) is 24.3 Å². The molecule has 2 amide bonds. The number of aromatic nitrogens is 2. The summed E-state index contributed by atoms with van der Waals surface area (Å²) < 4.78 is 35.0. The Morgan fingerprint density at radius 3 is 2.62 bits per heavy atom. The Kier molecular flexibility index (Phi) is 7.47. The van der Waals surface area contributed by atoms with Crippen LogP contribution in [0.2, 0.25) is 0 Å². The molecule has 40 heavy (non-hydrogen) atoms. The number of alkyl halides is 2. The topological polar surface area (TPSA) is 148 Å². The number of halogens is 2. The van der Waals surface area contributed by atoms with E-state index in [9.17, 15) is 28.3 Å². The van der Waals surface area contributed by atoms with Crippen molar-refractivity contribution in [1.29, 1.82) is 0 Å². The van der Waals surface area contributed by atoms with Gasteiger partial charge < -0.3 is 25.8 Å². The molecule has 2 fully saturated rings. The molecule has 5 unspecified atom stereocenters. The van der Waals surface area contributed by atoms with Crippen LogP contribution < -0.4 is 15.8 Å². The van der Waals surface area contributed by atoms with Gasteiger partial charge in [0, 0.05) is 19.3 Å². The Balaban J connectivity index is 1.44. The summed E-state index contributed by atoms with van der Waals surface area (Å²) in [6.07, 6.45) is 6.70. The van der Waals surface area contributed by atoms with Gasteiger partial charge in [0.25, 0.3) is 5.92 Å². The Labute approximate surface area is 230 Å². The van der Waals surface area contributed by atoms with Crippen LogP contribution in [0.1, 0.15) is 57.6 Å². The van der Waals surface area contributed by atoms with E-state index in [4.69, 9.17) is 10.5 Å². The van der Waals surface area contributed by atoms with Gasteiger partial charge in [-0.15, -0.1) is 0 Å². The number of nitrogens with two attached hydrogens (primary N) is 1. The van der Waals surface area contributed by atoms with Gasteiger partial charge in [-0.05, 0) is 37.8 Å². The van der Waals surface area contributed by atoms with Crippen LogP contribution in [0, 0.1) is 5.92 Å². The van der Waals surface area contributed by atoms with Crippen LogP contribution in [0.5, 0.6) is 5.88 Å². The zero-order chi connectivity index (χ0) is 28.7. The minimum Gasteiger partial charge on any atom is -0.479 e. The second-order valence-corrected chi connectivity index (χ2v) is 11.0. The molecule has 1 aromatic carbocycles. The zero-order valence-electron chi connectivity index (χ0n) is 22.2. The number of para-hydroxylation sites is 2. The lowest BCUT2D eigenvalue weighted by Gasteiger charge is -2.27. The number of rotatable bonds is 4. The van der Waals surface area contributed by atoms with Gasteiger partial charge >= 0.3 is 5.97 Å². The van der Waals surface area contributed by atoms with Gasteiger partial charge in [-0.1, -0.05) is 37.1 Å². The molecular weight excluding hydrogens is 524 g/mol. The molecule has 1 aromatic heterocycles. The van der Waals surface area contributed by atoms with Crippen LogP contribution in [0.4, 0.5) is 8.78 Å². The highest BCUT2D eigenvalue weighted by Gasteiger charge is 2.61. The molecule has 5 atom stereocenters. The number of amides is 2. The smallest absolute Gasteiger partial charge is 0.330 e. The van der Waals surface area contributed by atoms with Gasteiger partial charge in [-0.2, -0.15) is 8.78 Å². The summed E-state index contributed by atoms with van der Waals surface area (Å²) in [5, 5.41) is 12.6. The Morgan fingerprint density at radius 1 is 1.20 bits per heavy atom. The fourth-order valence-electron chi connectivity index (χ4n) is 5.55. The predicted molar refractivity (Wildman–Crippen MR) is 140 cm³/mol. The highest BCUT2D eigenvalue weighted by molar-refractivity contribution is 5.95. The molecule has 0 bridgehead atoms. The van der Waals surface area contributed by atoms with Crippen molar-refractivity contribution in [1.82, 2.24) is 20.2 Å². The van der Waals surface area contributed by atoms with Crippen molar-refractivity contribution in [2.24, 2.45) is 11.7 Å². The first kappa shape index (κ1) is 27.9. The number of nitrogens with one attached hydrogen (secondary N) is 1. The lowest BCUT2D eigenvalue weighted by molar-refractivity contribution is -0.145. The van der Waals surface area contributed by atoms with Crippen molar-refractivity contribution in [3.05, 3.63) is 42.1 Å². The molecule has 3 aliphatic rings. The Morgan fingerprint density at radius 2 is 1.93 bits per heavy atom. The maximum Gasteiger partial charge on any atom is 0.330 e. The predicted octanol–water partition coefficient (Wildman–Crippen LogP) is 2.90. The lowest BCUT2D eigenvalue weighted by Crippen LogP contribution is -2.55. The number of nitrogens with zero attached hydrogens (tertiary/aromatic N) is 3. The van der Waals surface area contributed by atoms with E-state index in [-0.39, 0.29) is 36.7 Å². The molecule has 2 aromatic rings. The number of fused-ring (bicyclic) bond motifs is 3. The number of carboxylic acid groups (broad SMARTS) is 1. The first-order valence-electron chi connectivity index (χ1n) is 13.6. The summed E-state index contributed by atoms with van der Waals surface area (Å²) in [4.78, 5) is 48.7. The van der Waals surface area contributed by atoms with Crippen LogP contribution >= 0.6 is 0 Å². The summed E-state index contributed by atoms with van der Waals surface area (Å²) in [5.41, 5.74) is 4.74. The first-order valence-corrected chi connectivity index (χ1v) is 13.6. The molecule has 12 heteroatoms. The van der Waals surface area contributed by atoms with E-state index >= 15 is 0 Å². The van der Waals surface area contributed by atoms with E-state index in [2.05, 4.69) is 15.3 Å². The van der Waals surface area contributed by atoms with E-state index < -0.39 is 53.1 Å². The standard InChI is InChI=1S/C28H33F2N5O5/c1-27(29,30)22-24(33-20-12-8-7-11-19(20)32-22)40-17-13-21-23(36)34-28(26(38)39)14-16(28)9-5-3-2-4-6-10-18(31)25(37)35(21)15-17/h5,7-9,11-12,16-18,21H,2-4,6,10,13-15,31H2,1H3,(H,34,36)(H,38,39). The van der Waals surface area contributed by atoms with E-state index in [1.807, 2.05) is 12.2 Å². The molecule has 2 aliphatic heterocycles. The maximum absolute atomic E-state index is 14.5. The third-order valence-corrected chi connectivity index (χ3v) is 7.90. The minimum absolute atomic E-state index is 0.0519. The first-order chi connectivity index (χ1) is 19.0. The van der Waals surface area contributed by atoms with Gasteiger partial charge in [0.1, 0.15) is 17.7 Å². The van der Waals surface area contributed by atoms with Crippen LogP contribution in [-0.4, -0.2) is 68.0 Å². The summed E-state index contributed by atoms with van der Waals surface area (Å²) in [7, 11) is 0. The van der Waals surface area contributed by atoms with E-state index in [0.717, 1.165) is 25.7 Å². The number of allylic oxidation sites excluding steroid dienone is 1. The van der Waals surface area contributed by atoms with Gasteiger partial charge in [0.2, 0.25) is 17.7 Å². The van der Waals surface area contributed by atoms with Crippen molar-refractivity contribution >= 4 is 28.8 Å². The van der Waals surface area contributed by atoms with Crippen molar-refractivity contribution < 1.29 is 33.0 Å². The summed E-state index contributed by atoms with van der Waals surface area (Å²) >= 11 is 0. The van der Waals surface area contributed by atoms with Gasteiger partial charge in [-0.3, -0.25) is 9.59 Å². The lowest BCUT2D eigenvalue weighted by atomic mass is 10.1. The molecule has 3 heterocycles. The Hall–Kier alpha value is -3.67. The molecule has 4 N–H and O–H groups in total. The number of hydrogen-bond acceptors (Lipinski definition) is 7. The Bertz CT molecular complexity index is 1350. The quantitative estimate of drug-likeness (QED) is 0.486. The summed E-state index contributed by atoms with van der Waals surface area (Å²) in [6.45, 7) is 0.594. The molecular formula is C28H33F2N5O5. The molecule has 1 saturated heterocycles. The molecule has 1 saturated carbocycles. The van der Waals surface area contributed by atoms with Crippen LogP contribution in [-0.2, 0) is 20.3 Å². The van der Waals surface area contributed by atoms with Gasteiger partial charge in [0.15, 0.2) is 5.69 Å². The number of carboxylic acids is 1. The second kappa shape index (κ2) is 10.7. The normalized spacial score (nSPS) is 29.6. The largest absolute Gasteiger partial charge is 0.479 e. The fraction of sp³-hybridized carbons (Fsp3) is 0.536. The third-order valence-electron chi connectivity index (χ3n) is 7.90. The highest BCUT2D eigenvalue weighted by Crippen LogP contribution is 2.45. The van der Waals surface area contributed by atoms with Crippen molar-refractivity contribution in [3.63, 3.8) is 0 Å². The molecule has 0 spiro atoms. The molecule has 214 valence electrons. The van der Waals surface area contributed by atoms with E-state index in [0.29, 0.717) is 18.9 Å². The zero-order valence-corrected chi connectivity index (χ0v) is 22.2. The van der Waals surface area contributed by atoms with Crippen molar-refractivity contribution in [2.75, 3.05) is 6.54 Å². The number of carbonyl (C=O) groups excluding carboxylic acids is 2. The summed E-state index contributed by atoms with van der Waals surface area (Å²) in [5.74, 6) is -6.38. The SMILES string of the molecule is CC(F)(F)c1nc2ccccc2nc1OC1CC2C(=O)NC3(C(=O)O)CC3C=CCCCCCC(N)C(=O)N2C1. The monoisotopic (exact) mass is 557 g/mol. The number of ether oxygens (including phenoxy) is 1. The highest BCUT2D eigenvalue weighted by atomic mass is 19.3.